The molecule has 3 heteroatoms. The SMILES string of the molecule is CCCO.C[CH2][Zn][CH2]C.[Ti]. The molecule has 0 amide bonds. The molecule has 0 spiro atoms. The predicted molar refractivity (Wildman–Crippen MR) is 38.3 cm³/mol. The molecule has 0 aliphatic rings. The molecule has 0 rings (SSSR count). The van der Waals surface area contributed by atoms with Crippen LogP contribution in [0, 0.1) is 0 Å². The molecule has 0 aliphatic carbocycles. The smallest absolute Gasteiger partial charge is 0 e. The van der Waals surface area contributed by atoms with Crippen LogP contribution in [0.3, 0.4) is 0 Å². The molecule has 58 valence electrons. The van der Waals surface area contributed by atoms with Gasteiger partial charge in [-0.25, -0.2) is 0 Å². The Morgan fingerprint density at radius 2 is 1.40 bits per heavy atom. The molecule has 0 radical (unpaired) electrons. The maximum absolute atomic E-state index is 7.88. The van der Waals surface area contributed by atoms with Gasteiger partial charge in [-0.3, -0.25) is 0 Å². The first-order chi connectivity index (χ1) is 4.33. The number of aliphatic hydroxyl groups excluding tert-OH is 1. The van der Waals surface area contributed by atoms with Gasteiger partial charge in [0, 0.05) is 28.3 Å². The summed E-state index contributed by atoms with van der Waals surface area (Å²) < 4.78 is 0. The van der Waals surface area contributed by atoms with E-state index in [1.54, 1.807) is 0 Å². The Hall–Kier alpha value is 1.30. The van der Waals surface area contributed by atoms with Gasteiger partial charge >= 0.3 is 41.0 Å². The molecular formula is C7H18OTiZn. The van der Waals surface area contributed by atoms with Crippen molar-refractivity contribution in [1.29, 1.82) is 0 Å². The minimum atomic E-state index is 0. The maximum Gasteiger partial charge on any atom is 0 e. The molecule has 0 aromatic rings. The van der Waals surface area contributed by atoms with E-state index >= 15 is 0 Å². The van der Waals surface area contributed by atoms with Crippen LogP contribution < -0.4 is 0 Å². The van der Waals surface area contributed by atoms with Gasteiger partial charge in [-0.2, -0.15) is 0 Å². The van der Waals surface area contributed by atoms with Gasteiger partial charge in [0.05, 0.1) is 0 Å². The molecule has 0 aromatic heterocycles. The number of rotatable bonds is 3. The van der Waals surface area contributed by atoms with Gasteiger partial charge in [0.25, 0.3) is 0 Å². The Morgan fingerprint density at radius 3 is 1.40 bits per heavy atom. The van der Waals surface area contributed by atoms with E-state index in [1.807, 2.05) is 6.92 Å². The van der Waals surface area contributed by atoms with Crippen molar-refractivity contribution >= 4 is 0 Å². The second-order valence-electron chi connectivity index (χ2n) is 2.08. The van der Waals surface area contributed by atoms with Gasteiger partial charge in [-0.05, 0) is 6.42 Å². The molecule has 1 N–H and O–H groups in total. The van der Waals surface area contributed by atoms with Gasteiger partial charge in [-0.1, -0.05) is 6.92 Å². The van der Waals surface area contributed by atoms with Crippen molar-refractivity contribution in [3.63, 3.8) is 0 Å². The van der Waals surface area contributed by atoms with Crippen LogP contribution >= 0.6 is 0 Å². The van der Waals surface area contributed by atoms with Crippen molar-refractivity contribution in [3.8, 4) is 0 Å². The molecule has 0 saturated carbocycles. The first-order valence-corrected chi connectivity index (χ1v) is 8.13. The van der Waals surface area contributed by atoms with E-state index in [0.29, 0.717) is 6.61 Å². The summed E-state index contributed by atoms with van der Waals surface area (Å²) in [6, 6.07) is 0. The summed E-state index contributed by atoms with van der Waals surface area (Å²) in [5.41, 5.74) is 0. The van der Waals surface area contributed by atoms with Gasteiger partial charge < -0.3 is 5.11 Å². The van der Waals surface area contributed by atoms with Crippen LogP contribution in [0.5, 0.6) is 0 Å². The standard InChI is InChI=1S/C3H8O.2C2H5.Ti.Zn/c1-2-3-4;2*1-2;;/h4H,2-3H2,1H3;2*1H2,2H3;;. The molecule has 10 heavy (non-hydrogen) atoms. The van der Waals surface area contributed by atoms with Crippen LogP contribution in [0.1, 0.15) is 27.2 Å². The van der Waals surface area contributed by atoms with Crippen LogP contribution in [0.15, 0.2) is 0 Å². The first kappa shape index (κ1) is 17.4. The first-order valence-electron chi connectivity index (χ1n) is 3.94. The molecule has 0 atom stereocenters. The molecule has 1 nitrogen and oxygen atoms in total. The molecule has 0 aliphatic heterocycles. The van der Waals surface area contributed by atoms with Crippen molar-refractivity contribution in [2.45, 2.75) is 37.2 Å². The summed E-state index contributed by atoms with van der Waals surface area (Å²) in [6.07, 6.45) is 0.875. The van der Waals surface area contributed by atoms with E-state index in [4.69, 9.17) is 5.11 Å². The van der Waals surface area contributed by atoms with E-state index in [0.717, 1.165) is 6.42 Å². The average molecular weight is 231 g/mol. The van der Waals surface area contributed by atoms with E-state index in [-0.39, 0.29) is 38.8 Å². The minimum absolute atomic E-state index is 0. The van der Waals surface area contributed by atoms with Gasteiger partial charge in [-0.15, -0.1) is 0 Å². The third-order valence-electron chi connectivity index (χ3n) is 0.931. The Labute approximate surface area is 87.5 Å². The van der Waals surface area contributed by atoms with Gasteiger partial charge in [0.2, 0.25) is 0 Å². The fourth-order valence-corrected chi connectivity index (χ4v) is 1.84. The molecule has 0 aromatic carbocycles. The minimum Gasteiger partial charge on any atom is 0 e. The fraction of sp³-hybridized carbons (Fsp3) is 1.00. The Bertz CT molecular complexity index is 32.8. The number of hydrogen-bond acceptors (Lipinski definition) is 1. The van der Waals surface area contributed by atoms with Crippen LogP contribution in [0.25, 0.3) is 0 Å². The van der Waals surface area contributed by atoms with Crippen LogP contribution in [0.2, 0.25) is 10.0 Å². The summed E-state index contributed by atoms with van der Waals surface area (Å²) in [6.45, 7) is 6.84. The van der Waals surface area contributed by atoms with Crippen LogP contribution in [-0.4, -0.2) is 11.7 Å². The molecule has 0 heterocycles. The second kappa shape index (κ2) is 22.4. The van der Waals surface area contributed by atoms with Crippen LogP contribution in [0.4, 0.5) is 0 Å². The summed E-state index contributed by atoms with van der Waals surface area (Å²) in [4.78, 5) is 0. The topological polar surface area (TPSA) is 20.2 Å². The monoisotopic (exact) mass is 230 g/mol. The van der Waals surface area contributed by atoms with E-state index in [1.165, 1.54) is 10.0 Å². The molecule has 0 bridgehead atoms. The van der Waals surface area contributed by atoms with E-state index in [9.17, 15) is 0 Å². The molecule has 0 unspecified atom stereocenters. The Morgan fingerprint density at radius 1 is 1.10 bits per heavy atom. The van der Waals surface area contributed by atoms with Crippen molar-refractivity contribution in [1.82, 2.24) is 0 Å². The summed E-state index contributed by atoms with van der Waals surface area (Å²) in [5, 5.41) is 10.9. The molecular weight excluding hydrogens is 213 g/mol. The Kier molecular flexibility index (Phi) is 39.1. The predicted octanol–water partition coefficient (Wildman–Crippen LogP) is 2.33. The quantitative estimate of drug-likeness (QED) is 0.739. The van der Waals surface area contributed by atoms with Crippen LogP contribution in [-0.2, 0) is 38.8 Å². The van der Waals surface area contributed by atoms with Gasteiger partial charge in [0.1, 0.15) is 0 Å². The summed E-state index contributed by atoms with van der Waals surface area (Å²) in [5.74, 6) is 0. The zero-order valence-electron chi connectivity index (χ0n) is 7.48. The summed E-state index contributed by atoms with van der Waals surface area (Å²) in [7, 11) is 0. The van der Waals surface area contributed by atoms with Gasteiger partial charge in [0.15, 0.2) is 0 Å². The zero-order valence-corrected chi connectivity index (χ0v) is 12.0. The zero-order chi connectivity index (χ0) is 7.54. The second-order valence-corrected chi connectivity index (χ2v) is 7.76. The fourth-order valence-electron chi connectivity index (χ4n) is 0.354. The summed E-state index contributed by atoms with van der Waals surface area (Å²) >= 11 is 0.0972. The average Bonchev–Trinajstić information content (AvgIpc) is 1.91. The van der Waals surface area contributed by atoms with Crippen molar-refractivity contribution in [2.24, 2.45) is 0 Å². The number of aliphatic hydroxyl groups is 1. The third-order valence-corrected chi connectivity index (χ3v) is 3.90. The maximum atomic E-state index is 7.88. The normalized spacial score (nSPS) is 6.40. The van der Waals surface area contributed by atoms with Crippen molar-refractivity contribution in [3.05, 3.63) is 0 Å². The van der Waals surface area contributed by atoms with Crippen molar-refractivity contribution in [2.75, 3.05) is 6.61 Å². The van der Waals surface area contributed by atoms with E-state index < -0.39 is 0 Å². The molecule has 0 fully saturated rings. The Balaban J connectivity index is -0.0000000910. The largest absolute Gasteiger partial charge is 0 e. The number of hydrogen-bond donors (Lipinski definition) is 1. The van der Waals surface area contributed by atoms with Crippen molar-refractivity contribution < 1.29 is 44.0 Å². The van der Waals surface area contributed by atoms with E-state index in [2.05, 4.69) is 13.8 Å². The molecule has 0 saturated heterocycles. The third kappa shape index (κ3) is 34.7.